The molecule has 234 valence electrons. The molecule has 2 saturated carbocycles. The molecule has 0 spiro atoms. The second kappa shape index (κ2) is 12.9. The van der Waals surface area contributed by atoms with Gasteiger partial charge in [0.25, 0.3) is 0 Å². The fourth-order valence-corrected chi connectivity index (χ4v) is 7.74. The van der Waals surface area contributed by atoms with Crippen LogP contribution in [0, 0.1) is 10.8 Å². The number of aliphatic hydroxyl groups is 1. The molecule has 0 aromatic heterocycles. The molecule has 0 unspecified atom stereocenters. The van der Waals surface area contributed by atoms with Crippen molar-refractivity contribution in [3.8, 4) is 0 Å². The zero-order valence-corrected chi connectivity index (χ0v) is 28.5. The molecule has 2 fully saturated rings. The maximum absolute atomic E-state index is 10.4. The van der Waals surface area contributed by atoms with E-state index in [2.05, 4.69) is 142 Å². The Labute approximate surface area is 262 Å². The van der Waals surface area contributed by atoms with Gasteiger partial charge in [-0.3, -0.25) is 0 Å². The van der Waals surface area contributed by atoms with Gasteiger partial charge < -0.3 is 14.6 Å². The fraction of sp³-hybridized carbons (Fsp3) is 0.550. The Morgan fingerprint density at radius 3 is 1.65 bits per heavy atom. The van der Waals surface area contributed by atoms with E-state index in [-0.39, 0.29) is 40.3 Å². The van der Waals surface area contributed by atoms with Crippen LogP contribution in [0.3, 0.4) is 0 Å². The third-order valence-corrected chi connectivity index (χ3v) is 10.00. The van der Waals surface area contributed by atoms with E-state index in [1.807, 2.05) is 0 Å². The molecule has 2 aliphatic heterocycles. The van der Waals surface area contributed by atoms with Gasteiger partial charge in [0.2, 0.25) is 0 Å². The zero-order valence-electron chi connectivity index (χ0n) is 28.5. The SMILES string of the molecule is CC(/C=C/C=C(\C)[C@@H]1C=C2C(C)(C)C[C@H](O)C[C@@]2(C)O1)=C\C=C\C=C(C)\C=C\C=C(/C)[C@H]1C=C2C(C)(C)CCC[C@@]2(C)O1. The Bertz CT molecular complexity index is 1340. The number of hydrogen-bond acceptors (Lipinski definition) is 3. The minimum Gasteiger partial charge on any atom is -0.393 e. The van der Waals surface area contributed by atoms with Gasteiger partial charge in [0.05, 0.1) is 29.5 Å². The molecule has 3 nitrogen and oxygen atoms in total. The van der Waals surface area contributed by atoms with Gasteiger partial charge in [-0.1, -0.05) is 99.6 Å². The summed E-state index contributed by atoms with van der Waals surface area (Å²) in [5.74, 6) is 0. The predicted octanol–water partition coefficient (Wildman–Crippen LogP) is 10.00. The highest BCUT2D eigenvalue weighted by atomic mass is 16.5. The van der Waals surface area contributed by atoms with Crippen molar-refractivity contribution >= 4 is 0 Å². The number of ether oxygens (including phenoxy) is 2. The normalized spacial score (nSPS) is 35.1. The Balaban J connectivity index is 1.29. The lowest BCUT2D eigenvalue weighted by Crippen LogP contribution is -2.45. The van der Waals surface area contributed by atoms with E-state index >= 15 is 0 Å². The summed E-state index contributed by atoms with van der Waals surface area (Å²) in [6, 6.07) is 0. The topological polar surface area (TPSA) is 38.7 Å². The van der Waals surface area contributed by atoms with Crippen molar-refractivity contribution < 1.29 is 14.6 Å². The lowest BCUT2D eigenvalue weighted by molar-refractivity contribution is -0.0683. The third-order valence-electron chi connectivity index (χ3n) is 10.00. The molecular weight excluding hydrogens is 528 g/mol. The summed E-state index contributed by atoms with van der Waals surface area (Å²) >= 11 is 0. The molecular formula is C40H56O3. The van der Waals surface area contributed by atoms with Crippen molar-refractivity contribution in [3.05, 3.63) is 106 Å². The van der Waals surface area contributed by atoms with Gasteiger partial charge in [0, 0.05) is 6.42 Å². The number of allylic oxidation sites excluding steroid dienone is 12. The van der Waals surface area contributed by atoms with Crippen LogP contribution >= 0.6 is 0 Å². The molecule has 0 aromatic rings. The van der Waals surface area contributed by atoms with Crippen molar-refractivity contribution in [1.82, 2.24) is 0 Å². The molecule has 0 bridgehead atoms. The van der Waals surface area contributed by atoms with E-state index in [1.54, 1.807) is 0 Å². The van der Waals surface area contributed by atoms with Gasteiger partial charge >= 0.3 is 0 Å². The molecule has 3 heteroatoms. The molecule has 5 atom stereocenters. The van der Waals surface area contributed by atoms with Gasteiger partial charge in [0.15, 0.2) is 0 Å². The monoisotopic (exact) mass is 584 g/mol. The van der Waals surface area contributed by atoms with Gasteiger partial charge in [0.1, 0.15) is 0 Å². The van der Waals surface area contributed by atoms with Crippen LogP contribution in [-0.4, -0.2) is 34.6 Å². The van der Waals surface area contributed by atoms with Gasteiger partial charge in [-0.05, 0) is 113 Å². The van der Waals surface area contributed by atoms with Crippen LogP contribution in [0.5, 0.6) is 0 Å². The van der Waals surface area contributed by atoms with Crippen LogP contribution in [0.15, 0.2) is 106 Å². The van der Waals surface area contributed by atoms with Gasteiger partial charge in [-0.2, -0.15) is 0 Å². The summed E-state index contributed by atoms with van der Waals surface area (Å²) in [7, 11) is 0. The molecule has 2 aliphatic carbocycles. The quantitative estimate of drug-likeness (QED) is 0.228. The average Bonchev–Trinajstić information content (AvgIpc) is 3.45. The van der Waals surface area contributed by atoms with Crippen molar-refractivity contribution in [3.63, 3.8) is 0 Å². The lowest BCUT2D eigenvalue weighted by atomic mass is 9.65. The number of aliphatic hydroxyl groups excluding tert-OH is 1. The van der Waals surface area contributed by atoms with Crippen LogP contribution in [0.1, 0.15) is 101 Å². The number of fused-ring (bicyclic) bond motifs is 2. The van der Waals surface area contributed by atoms with Crippen molar-refractivity contribution in [2.75, 3.05) is 0 Å². The van der Waals surface area contributed by atoms with Crippen molar-refractivity contribution in [2.45, 2.75) is 131 Å². The summed E-state index contributed by atoms with van der Waals surface area (Å²) < 4.78 is 13.0. The minimum absolute atomic E-state index is 0.0411. The van der Waals surface area contributed by atoms with Crippen LogP contribution < -0.4 is 0 Å². The highest BCUT2D eigenvalue weighted by molar-refractivity contribution is 5.38. The van der Waals surface area contributed by atoms with E-state index in [0.717, 1.165) is 12.8 Å². The van der Waals surface area contributed by atoms with E-state index < -0.39 is 0 Å². The highest BCUT2D eigenvalue weighted by Gasteiger charge is 2.50. The van der Waals surface area contributed by atoms with Crippen molar-refractivity contribution in [2.24, 2.45) is 10.8 Å². The highest BCUT2D eigenvalue weighted by Crippen LogP contribution is 2.53. The fourth-order valence-electron chi connectivity index (χ4n) is 7.74. The Hall–Kier alpha value is -2.46. The van der Waals surface area contributed by atoms with Crippen molar-refractivity contribution in [1.29, 1.82) is 0 Å². The standard InChI is InChI=1S/C40H56O3/c1-28(18-13-20-30(3)33-24-35-37(5,6)22-15-23-39(35,9)42-33)16-11-12-17-29(2)19-14-21-31(4)34-25-36-38(7,8)26-32(41)27-40(36,10)43-34/h11-14,16-21,24-25,32-34,41H,15,22-23,26-27H2,1-10H3/b12-11+,18-13+,19-14+,28-16+,29-17+,30-20+,31-21+/t32-,33+,34-,39+,40+/m0/s1. The minimum atomic E-state index is -0.377. The summed E-state index contributed by atoms with van der Waals surface area (Å²) in [5.41, 5.74) is 7.31. The van der Waals surface area contributed by atoms with E-state index in [1.165, 1.54) is 46.3 Å². The number of hydrogen-bond donors (Lipinski definition) is 1. The summed E-state index contributed by atoms with van der Waals surface area (Å²) in [6.45, 7) is 22.1. The smallest absolute Gasteiger partial charge is 0.0982 e. The van der Waals surface area contributed by atoms with Crippen LogP contribution in [0.4, 0.5) is 0 Å². The summed E-state index contributed by atoms with van der Waals surface area (Å²) in [6.07, 6.45) is 30.7. The lowest BCUT2D eigenvalue weighted by Gasteiger charge is -2.44. The van der Waals surface area contributed by atoms with Crippen LogP contribution in [0.25, 0.3) is 0 Å². The molecule has 4 aliphatic rings. The largest absolute Gasteiger partial charge is 0.393 e. The average molecular weight is 585 g/mol. The molecule has 4 rings (SSSR count). The number of rotatable bonds is 8. The maximum Gasteiger partial charge on any atom is 0.0982 e. The van der Waals surface area contributed by atoms with Gasteiger partial charge in [-0.25, -0.2) is 0 Å². The first-order chi connectivity index (χ1) is 20.0. The zero-order chi connectivity index (χ0) is 31.6. The maximum atomic E-state index is 10.4. The predicted molar refractivity (Wildman–Crippen MR) is 182 cm³/mol. The summed E-state index contributed by atoms with van der Waals surface area (Å²) in [4.78, 5) is 0. The second-order valence-corrected chi connectivity index (χ2v) is 15.1. The van der Waals surface area contributed by atoms with E-state index in [9.17, 15) is 5.11 Å². The first-order valence-electron chi connectivity index (χ1n) is 16.3. The molecule has 0 amide bonds. The first kappa shape index (κ1) is 33.4. The molecule has 43 heavy (non-hydrogen) atoms. The second-order valence-electron chi connectivity index (χ2n) is 15.1. The molecule has 0 aromatic carbocycles. The summed E-state index contributed by atoms with van der Waals surface area (Å²) in [5, 5.41) is 10.4. The van der Waals surface area contributed by atoms with E-state index in [4.69, 9.17) is 9.47 Å². The molecule has 0 saturated heterocycles. The third kappa shape index (κ3) is 7.80. The van der Waals surface area contributed by atoms with Gasteiger partial charge in [-0.15, -0.1) is 0 Å². The molecule has 2 heterocycles. The Kier molecular flexibility index (Phi) is 10.0. The first-order valence-corrected chi connectivity index (χ1v) is 16.3. The Morgan fingerprint density at radius 2 is 1.14 bits per heavy atom. The molecule has 1 N–H and O–H groups in total. The van der Waals surface area contributed by atoms with Crippen LogP contribution in [-0.2, 0) is 9.47 Å². The Morgan fingerprint density at radius 1 is 0.651 bits per heavy atom. The molecule has 0 radical (unpaired) electrons. The van der Waals surface area contributed by atoms with E-state index in [0.29, 0.717) is 6.42 Å². The van der Waals surface area contributed by atoms with Crippen LogP contribution in [0.2, 0.25) is 0 Å².